The van der Waals surface area contributed by atoms with E-state index >= 15 is 0 Å². The average molecular weight is 439 g/mol. The fraction of sp³-hybridized carbons (Fsp3) is 0.261. The van der Waals surface area contributed by atoms with Crippen molar-refractivity contribution in [3.63, 3.8) is 0 Å². The summed E-state index contributed by atoms with van der Waals surface area (Å²) in [7, 11) is 1.69. The molecule has 3 aromatic rings. The van der Waals surface area contributed by atoms with E-state index in [9.17, 15) is 9.18 Å². The molecule has 1 aliphatic heterocycles. The van der Waals surface area contributed by atoms with Crippen LogP contribution < -0.4 is 14.5 Å². The number of piperazine rings is 1. The number of halogens is 1. The molecule has 0 bridgehead atoms. The maximum atomic E-state index is 13.1. The Hall–Kier alpha value is -3.13. The molecule has 8 heteroatoms. The first kappa shape index (κ1) is 21.1. The molecule has 0 aliphatic carbocycles. The van der Waals surface area contributed by atoms with Crippen LogP contribution in [-0.2, 0) is 0 Å². The first-order valence-electron chi connectivity index (χ1n) is 10.0. The predicted molar refractivity (Wildman–Crippen MR) is 121 cm³/mol. The number of nitrogens with zero attached hydrogens (tertiary/aromatic N) is 4. The van der Waals surface area contributed by atoms with E-state index in [0.29, 0.717) is 5.56 Å². The number of methoxy groups -OCH3 is 1. The van der Waals surface area contributed by atoms with Gasteiger partial charge in [0.1, 0.15) is 16.6 Å². The van der Waals surface area contributed by atoms with Crippen molar-refractivity contribution in [2.24, 2.45) is 0 Å². The predicted octanol–water partition coefficient (Wildman–Crippen LogP) is 3.93. The van der Waals surface area contributed by atoms with Crippen molar-refractivity contribution in [2.45, 2.75) is 5.03 Å². The number of hydrogen-bond acceptors (Lipinski definition) is 7. The number of carbonyl (C=O) groups is 1. The Morgan fingerprint density at radius 1 is 1.00 bits per heavy atom. The van der Waals surface area contributed by atoms with Crippen molar-refractivity contribution < 1.29 is 13.9 Å². The molecule has 31 heavy (non-hydrogen) atoms. The van der Waals surface area contributed by atoms with Gasteiger partial charge in [-0.3, -0.25) is 4.79 Å². The average Bonchev–Trinajstić information content (AvgIpc) is 2.83. The lowest BCUT2D eigenvalue weighted by molar-refractivity contribution is 0.102. The summed E-state index contributed by atoms with van der Waals surface area (Å²) in [6.07, 6.45) is 3.31. The zero-order valence-electron chi connectivity index (χ0n) is 17.2. The van der Waals surface area contributed by atoms with Crippen LogP contribution in [0, 0.1) is 5.82 Å². The van der Waals surface area contributed by atoms with Gasteiger partial charge in [-0.05, 0) is 36.4 Å². The SMILES string of the molecule is COc1ccccc1N1CCN(c2nccnc2SCC(=O)c2ccc(F)cc2)CC1. The second-order valence-corrected chi connectivity index (χ2v) is 8.01. The Morgan fingerprint density at radius 3 is 2.42 bits per heavy atom. The summed E-state index contributed by atoms with van der Waals surface area (Å²) in [4.78, 5) is 25.9. The van der Waals surface area contributed by atoms with Crippen LogP contribution in [0.3, 0.4) is 0 Å². The van der Waals surface area contributed by atoms with E-state index in [2.05, 4.69) is 25.8 Å². The monoisotopic (exact) mass is 438 g/mol. The Kier molecular flexibility index (Phi) is 6.66. The second kappa shape index (κ2) is 9.78. The summed E-state index contributed by atoms with van der Waals surface area (Å²) in [5.74, 6) is 1.46. The highest BCUT2D eigenvalue weighted by atomic mass is 32.2. The van der Waals surface area contributed by atoms with Crippen LogP contribution in [0.15, 0.2) is 66.0 Å². The first-order valence-corrected chi connectivity index (χ1v) is 11.0. The Balaban J connectivity index is 1.41. The van der Waals surface area contributed by atoms with Crippen LogP contribution in [0.25, 0.3) is 0 Å². The lowest BCUT2D eigenvalue weighted by Crippen LogP contribution is -2.47. The van der Waals surface area contributed by atoms with E-state index in [1.807, 2.05) is 18.2 Å². The van der Waals surface area contributed by atoms with Crippen molar-refractivity contribution in [2.75, 3.05) is 48.8 Å². The van der Waals surface area contributed by atoms with E-state index in [-0.39, 0.29) is 17.4 Å². The largest absolute Gasteiger partial charge is 0.495 e. The van der Waals surface area contributed by atoms with Crippen molar-refractivity contribution in [1.82, 2.24) is 9.97 Å². The van der Waals surface area contributed by atoms with Gasteiger partial charge in [0.05, 0.1) is 18.6 Å². The Bertz CT molecular complexity index is 1040. The molecule has 1 saturated heterocycles. The van der Waals surface area contributed by atoms with E-state index < -0.39 is 0 Å². The van der Waals surface area contributed by atoms with E-state index in [0.717, 1.165) is 48.5 Å². The standard InChI is InChI=1S/C23H23FN4O2S/c1-30-21-5-3-2-4-19(21)27-12-14-28(15-13-27)22-23(26-11-10-25-22)31-16-20(29)17-6-8-18(24)9-7-17/h2-11H,12-16H2,1H3. The van der Waals surface area contributed by atoms with Gasteiger partial charge < -0.3 is 14.5 Å². The Morgan fingerprint density at radius 2 is 1.68 bits per heavy atom. The van der Waals surface area contributed by atoms with Gasteiger partial charge in [-0.1, -0.05) is 23.9 Å². The molecular formula is C23H23FN4O2S. The summed E-state index contributed by atoms with van der Waals surface area (Å²) in [5.41, 5.74) is 1.58. The number of hydrogen-bond donors (Lipinski definition) is 0. The molecule has 1 aliphatic rings. The lowest BCUT2D eigenvalue weighted by atomic mass is 10.1. The van der Waals surface area contributed by atoms with Gasteiger partial charge in [0.2, 0.25) is 0 Å². The molecule has 6 nitrogen and oxygen atoms in total. The minimum Gasteiger partial charge on any atom is -0.495 e. The van der Waals surface area contributed by atoms with E-state index in [1.165, 1.54) is 36.0 Å². The van der Waals surface area contributed by atoms with E-state index in [1.54, 1.807) is 19.5 Å². The number of Topliss-reactive ketones (excluding diaryl/α,β-unsaturated/α-hetero) is 1. The van der Waals surface area contributed by atoms with Crippen LogP contribution >= 0.6 is 11.8 Å². The number of thioether (sulfide) groups is 1. The maximum absolute atomic E-state index is 13.1. The van der Waals surface area contributed by atoms with E-state index in [4.69, 9.17) is 4.74 Å². The molecule has 4 rings (SSSR count). The van der Waals surface area contributed by atoms with Crippen LogP contribution in [0.2, 0.25) is 0 Å². The molecule has 0 radical (unpaired) electrons. The highest BCUT2D eigenvalue weighted by molar-refractivity contribution is 8.00. The number of ketones is 1. The van der Waals surface area contributed by atoms with Gasteiger partial charge in [0.25, 0.3) is 0 Å². The smallest absolute Gasteiger partial charge is 0.173 e. The normalized spacial score (nSPS) is 13.9. The van der Waals surface area contributed by atoms with Crippen LogP contribution in [0.4, 0.5) is 15.9 Å². The van der Waals surface area contributed by atoms with Crippen molar-refractivity contribution >= 4 is 29.1 Å². The molecular weight excluding hydrogens is 415 g/mol. The lowest BCUT2D eigenvalue weighted by Gasteiger charge is -2.37. The summed E-state index contributed by atoms with van der Waals surface area (Å²) in [5, 5.41) is 0.726. The van der Waals surface area contributed by atoms with Crippen molar-refractivity contribution in [3.05, 3.63) is 72.3 Å². The topological polar surface area (TPSA) is 58.6 Å². The molecule has 160 valence electrons. The molecule has 2 heterocycles. The van der Waals surface area contributed by atoms with Gasteiger partial charge >= 0.3 is 0 Å². The van der Waals surface area contributed by atoms with Crippen LogP contribution in [0.5, 0.6) is 5.75 Å². The third-order valence-corrected chi connectivity index (χ3v) is 6.13. The first-order chi connectivity index (χ1) is 15.2. The quantitative estimate of drug-likeness (QED) is 0.409. The molecule has 0 amide bonds. The summed E-state index contributed by atoms with van der Waals surface area (Å²) in [6, 6.07) is 13.6. The molecule has 0 atom stereocenters. The van der Waals surface area contributed by atoms with Crippen molar-refractivity contribution in [3.8, 4) is 5.75 Å². The second-order valence-electron chi connectivity index (χ2n) is 7.05. The third-order valence-electron chi connectivity index (χ3n) is 5.16. The van der Waals surface area contributed by atoms with Gasteiger partial charge in [0.15, 0.2) is 11.6 Å². The maximum Gasteiger partial charge on any atom is 0.173 e. The molecule has 2 aromatic carbocycles. The third kappa shape index (κ3) is 4.96. The van der Waals surface area contributed by atoms with Gasteiger partial charge in [-0.15, -0.1) is 0 Å². The molecule has 0 saturated carbocycles. The molecule has 1 aromatic heterocycles. The molecule has 0 spiro atoms. The van der Waals surface area contributed by atoms with Crippen LogP contribution in [0.1, 0.15) is 10.4 Å². The minimum atomic E-state index is -0.354. The number of rotatable bonds is 7. The fourth-order valence-corrected chi connectivity index (χ4v) is 4.42. The number of aromatic nitrogens is 2. The summed E-state index contributed by atoms with van der Waals surface area (Å²) >= 11 is 1.36. The number of para-hydroxylation sites is 2. The fourth-order valence-electron chi connectivity index (χ4n) is 3.54. The molecule has 0 N–H and O–H groups in total. The summed E-state index contributed by atoms with van der Waals surface area (Å²) < 4.78 is 18.6. The summed E-state index contributed by atoms with van der Waals surface area (Å²) in [6.45, 7) is 3.23. The highest BCUT2D eigenvalue weighted by Crippen LogP contribution is 2.31. The number of anilines is 2. The molecule has 1 fully saturated rings. The minimum absolute atomic E-state index is 0.0670. The molecule has 0 unspecified atom stereocenters. The van der Waals surface area contributed by atoms with Crippen molar-refractivity contribution in [1.29, 1.82) is 0 Å². The zero-order valence-corrected chi connectivity index (χ0v) is 18.0. The van der Waals surface area contributed by atoms with Gasteiger partial charge in [0, 0.05) is 44.1 Å². The van der Waals surface area contributed by atoms with Gasteiger partial charge in [-0.2, -0.15) is 0 Å². The van der Waals surface area contributed by atoms with Gasteiger partial charge in [-0.25, -0.2) is 14.4 Å². The number of ether oxygens (including phenoxy) is 1. The number of carbonyl (C=O) groups excluding carboxylic acids is 1. The zero-order chi connectivity index (χ0) is 21.6. The Labute approximate surface area is 185 Å². The highest BCUT2D eigenvalue weighted by Gasteiger charge is 2.23. The van der Waals surface area contributed by atoms with Crippen LogP contribution in [-0.4, -0.2) is 54.8 Å². The number of benzene rings is 2.